The molecule has 1 aliphatic rings. The van der Waals surface area contributed by atoms with Gasteiger partial charge >= 0.3 is 6.18 Å². The second-order valence-corrected chi connectivity index (χ2v) is 4.45. The molecular formula is C14H9F3N2O3. The fourth-order valence-electron chi connectivity index (χ4n) is 1.87. The van der Waals surface area contributed by atoms with Crippen LogP contribution >= 0.6 is 0 Å². The molecule has 0 aliphatic carbocycles. The molecule has 0 saturated heterocycles. The number of rotatable bonds is 2. The molecule has 0 saturated carbocycles. The van der Waals surface area contributed by atoms with Crippen LogP contribution in [0.4, 0.5) is 18.9 Å². The molecule has 114 valence electrons. The number of nitrogens with zero attached hydrogens (tertiary/aromatic N) is 1. The van der Waals surface area contributed by atoms with E-state index in [9.17, 15) is 18.0 Å². The van der Waals surface area contributed by atoms with Crippen LogP contribution in [-0.2, 0) is 6.18 Å². The number of anilines is 1. The minimum absolute atomic E-state index is 0.0191. The standard InChI is InChI=1S/C14H9F3N2O3/c15-14(16,17)12-4-1-8(6-18-12)13(20)19-9-2-3-10-11(5-9)22-7-21-10/h1-6H,7H2,(H,19,20). The zero-order chi connectivity index (χ0) is 15.7. The Kier molecular flexibility index (Phi) is 3.36. The Balaban J connectivity index is 1.74. The number of hydrogen-bond donors (Lipinski definition) is 1. The summed E-state index contributed by atoms with van der Waals surface area (Å²) in [6, 6.07) is 6.62. The van der Waals surface area contributed by atoms with E-state index in [0.717, 1.165) is 18.3 Å². The van der Waals surface area contributed by atoms with Gasteiger partial charge in [0.2, 0.25) is 6.79 Å². The van der Waals surface area contributed by atoms with Crippen LogP contribution in [0.5, 0.6) is 11.5 Å². The third-order valence-corrected chi connectivity index (χ3v) is 2.95. The molecule has 0 radical (unpaired) electrons. The van der Waals surface area contributed by atoms with Crippen molar-refractivity contribution in [1.29, 1.82) is 0 Å². The van der Waals surface area contributed by atoms with Gasteiger partial charge in [-0.15, -0.1) is 0 Å². The summed E-state index contributed by atoms with van der Waals surface area (Å²) in [6.07, 6.45) is -3.66. The lowest BCUT2D eigenvalue weighted by molar-refractivity contribution is -0.141. The fourth-order valence-corrected chi connectivity index (χ4v) is 1.87. The maximum absolute atomic E-state index is 12.4. The fraction of sp³-hybridized carbons (Fsp3) is 0.143. The Bertz CT molecular complexity index is 714. The van der Waals surface area contributed by atoms with Crippen molar-refractivity contribution in [1.82, 2.24) is 4.98 Å². The first-order chi connectivity index (χ1) is 10.4. The molecule has 0 spiro atoms. The molecule has 0 fully saturated rings. The van der Waals surface area contributed by atoms with E-state index in [2.05, 4.69) is 10.3 Å². The van der Waals surface area contributed by atoms with E-state index in [-0.39, 0.29) is 12.4 Å². The molecule has 1 aromatic heterocycles. The van der Waals surface area contributed by atoms with E-state index >= 15 is 0 Å². The van der Waals surface area contributed by atoms with Crippen molar-refractivity contribution < 1.29 is 27.4 Å². The molecule has 3 rings (SSSR count). The summed E-state index contributed by atoms with van der Waals surface area (Å²) in [7, 11) is 0. The number of ether oxygens (including phenoxy) is 2. The third-order valence-electron chi connectivity index (χ3n) is 2.95. The molecule has 0 bridgehead atoms. The van der Waals surface area contributed by atoms with Crippen molar-refractivity contribution >= 4 is 11.6 Å². The van der Waals surface area contributed by atoms with E-state index < -0.39 is 17.8 Å². The lowest BCUT2D eigenvalue weighted by Gasteiger charge is -2.08. The summed E-state index contributed by atoms with van der Waals surface area (Å²) in [5, 5.41) is 2.55. The van der Waals surface area contributed by atoms with Gasteiger partial charge in [-0.2, -0.15) is 13.2 Å². The number of amides is 1. The Morgan fingerprint density at radius 1 is 1.14 bits per heavy atom. The average Bonchev–Trinajstić information content (AvgIpc) is 2.94. The summed E-state index contributed by atoms with van der Waals surface area (Å²) < 4.78 is 47.5. The average molecular weight is 310 g/mol. The van der Waals surface area contributed by atoms with Crippen LogP contribution < -0.4 is 14.8 Å². The quantitative estimate of drug-likeness (QED) is 0.926. The van der Waals surface area contributed by atoms with Crippen molar-refractivity contribution in [3.05, 3.63) is 47.8 Å². The van der Waals surface area contributed by atoms with Gasteiger partial charge in [-0.1, -0.05) is 0 Å². The summed E-state index contributed by atoms with van der Waals surface area (Å²) in [5.74, 6) is 0.484. The van der Waals surface area contributed by atoms with Gasteiger partial charge in [0.15, 0.2) is 11.5 Å². The predicted molar refractivity (Wildman–Crippen MR) is 69.8 cm³/mol. The topological polar surface area (TPSA) is 60.5 Å². The first-order valence-electron chi connectivity index (χ1n) is 6.18. The monoisotopic (exact) mass is 310 g/mol. The van der Waals surface area contributed by atoms with E-state index in [0.29, 0.717) is 17.2 Å². The van der Waals surface area contributed by atoms with Crippen LogP contribution in [0.25, 0.3) is 0 Å². The molecule has 2 heterocycles. The van der Waals surface area contributed by atoms with Crippen LogP contribution in [0.15, 0.2) is 36.5 Å². The van der Waals surface area contributed by atoms with Crippen LogP contribution in [0.3, 0.4) is 0 Å². The van der Waals surface area contributed by atoms with Gasteiger partial charge in [0.25, 0.3) is 5.91 Å². The minimum atomic E-state index is -4.54. The number of benzene rings is 1. The van der Waals surface area contributed by atoms with E-state index in [1.165, 1.54) is 0 Å². The normalized spacial score (nSPS) is 13.0. The highest BCUT2D eigenvalue weighted by Gasteiger charge is 2.32. The number of pyridine rings is 1. The van der Waals surface area contributed by atoms with E-state index in [1.54, 1.807) is 18.2 Å². The lowest BCUT2D eigenvalue weighted by atomic mass is 10.2. The number of alkyl halides is 3. The van der Waals surface area contributed by atoms with Gasteiger partial charge in [0.05, 0.1) is 5.56 Å². The SMILES string of the molecule is O=C(Nc1ccc2c(c1)OCO2)c1ccc(C(F)(F)F)nc1. The molecule has 1 aliphatic heterocycles. The second-order valence-electron chi connectivity index (χ2n) is 4.45. The van der Waals surface area contributed by atoms with Crippen LogP contribution in [0.2, 0.25) is 0 Å². The highest BCUT2D eigenvalue weighted by molar-refractivity contribution is 6.04. The van der Waals surface area contributed by atoms with Gasteiger partial charge in [-0.25, -0.2) is 0 Å². The maximum Gasteiger partial charge on any atom is 0.433 e. The number of nitrogens with one attached hydrogen (secondary N) is 1. The Hall–Kier alpha value is -2.77. The minimum Gasteiger partial charge on any atom is -0.454 e. The van der Waals surface area contributed by atoms with Crippen molar-refractivity contribution in [2.75, 3.05) is 12.1 Å². The van der Waals surface area contributed by atoms with Gasteiger partial charge < -0.3 is 14.8 Å². The van der Waals surface area contributed by atoms with Crippen LogP contribution in [0, 0.1) is 0 Å². The van der Waals surface area contributed by atoms with Gasteiger partial charge in [-0.3, -0.25) is 9.78 Å². The van der Waals surface area contributed by atoms with Crippen molar-refractivity contribution in [2.24, 2.45) is 0 Å². The summed E-state index contributed by atoms with van der Waals surface area (Å²) in [6.45, 7) is 0.107. The van der Waals surface area contributed by atoms with Crippen molar-refractivity contribution in [3.8, 4) is 11.5 Å². The van der Waals surface area contributed by atoms with Crippen molar-refractivity contribution in [2.45, 2.75) is 6.18 Å². The number of halogens is 3. The Morgan fingerprint density at radius 2 is 1.91 bits per heavy atom. The molecular weight excluding hydrogens is 301 g/mol. The van der Waals surface area contributed by atoms with E-state index in [4.69, 9.17) is 9.47 Å². The number of carbonyl (C=O) groups is 1. The zero-order valence-corrected chi connectivity index (χ0v) is 11.0. The van der Waals surface area contributed by atoms with Gasteiger partial charge in [0, 0.05) is 18.0 Å². The van der Waals surface area contributed by atoms with Crippen LogP contribution in [0.1, 0.15) is 16.1 Å². The second kappa shape index (κ2) is 5.21. The number of fused-ring (bicyclic) bond motifs is 1. The molecule has 22 heavy (non-hydrogen) atoms. The predicted octanol–water partition coefficient (Wildman–Crippen LogP) is 3.08. The number of aromatic nitrogens is 1. The summed E-state index contributed by atoms with van der Waals surface area (Å²) in [4.78, 5) is 15.2. The zero-order valence-electron chi connectivity index (χ0n) is 11.0. The molecule has 8 heteroatoms. The molecule has 0 atom stereocenters. The smallest absolute Gasteiger partial charge is 0.433 e. The molecule has 2 aromatic rings. The number of hydrogen-bond acceptors (Lipinski definition) is 4. The molecule has 1 amide bonds. The molecule has 1 aromatic carbocycles. The molecule has 1 N–H and O–H groups in total. The largest absolute Gasteiger partial charge is 0.454 e. The highest BCUT2D eigenvalue weighted by atomic mass is 19.4. The maximum atomic E-state index is 12.4. The third kappa shape index (κ3) is 2.80. The van der Waals surface area contributed by atoms with E-state index in [1.807, 2.05) is 0 Å². The highest BCUT2D eigenvalue weighted by Crippen LogP contribution is 2.34. The first kappa shape index (κ1) is 14.2. The van der Waals surface area contributed by atoms with Gasteiger partial charge in [-0.05, 0) is 24.3 Å². The lowest BCUT2D eigenvalue weighted by Crippen LogP contribution is -2.14. The van der Waals surface area contributed by atoms with Crippen LogP contribution in [-0.4, -0.2) is 17.7 Å². The van der Waals surface area contributed by atoms with Crippen molar-refractivity contribution in [3.63, 3.8) is 0 Å². The molecule has 5 nitrogen and oxygen atoms in total. The summed E-state index contributed by atoms with van der Waals surface area (Å²) in [5.41, 5.74) is -0.591. The number of carbonyl (C=O) groups excluding carboxylic acids is 1. The Morgan fingerprint density at radius 3 is 2.59 bits per heavy atom. The van der Waals surface area contributed by atoms with Gasteiger partial charge in [0.1, 0.15) is 5.69 Å². The summed E-state index contributed by atoms with van der Waals surface area (Å²) >= 11 is 0. The molecule has 0 unspecified atom stereocenters. The Labute approximate surface area is 122 Å². The first-order valence-corrected chi connectivity index (χ1v) is 6.18.